The molecule has 3 nitrogen and oxygen atoms in total. The number of piperidine rings is 1. The van der Waals surface area contributed by atoms with Crippen LogP contribution in [-0.2, 0) is 10.1 Å². The van der Waals surface area contributed by atoms with Crippen molar-refractivity contribution < 1.29 is 4.74 Å². The normalized spacial score (nSPS) is 16.4. The van der Waals surface area contributed by atoms with E-state index in [1.807, 2.05) is 6.07 Å². The van der Waals surface area contributed by atoms with Crippen molar-refractivity contribution in [1.82, 2.24) is 0 Å². The fourth-order valence-corrected chi connectivity index (χ4v) is 2.96. The number of methoxy groups -OCH3 is 1. The molecule has 1 fully saturated rings. The van der Waals surface area contributed by atoms with Crippen LogP contribution in [0.15, 0.2) is 18.2 Å². The van der Waals surface area contributed by atoms with E-state index in [2.05, 4.69) is 39.0 Å². The van der Waals surface area contributed by atoms with Crippen molar-refractivity contribution in [3.63, 3.8) is 0 Å². The molecule has 1 aromatic rings. The number of ether oxygens (including phenoxy) is 1. The predicted octanol–water partition coefficient (Wildman–Crippen LogP) is 3.32. The topological polar surface area (TPSA) is 36.3 Å². The number of hydrogen-bond donors (Lipinski definition) is 0. The van der Waals surface area contributed by atoms with E-state index in [0.717, 1.165) is 54.7 Å². The summed E-state index contributed by atoms with van der Waals surface area (Å²) in [5, 5.41) is 10.1. The average Bonchev–Trinajstić information content (AvgIpc) is 2.48. The summed E-state index contributed by atoms with van der Waals surface area (Å²) in [6.45, 7) is 2.87. The second kappa shape index (κ2) is 6.93. The van der Waals surface area contributed by atoms with Gasteiger partial charge in [0, 0.05) is 32.1 Å². The van der Waals surface area contributed by atoms with E-state index >= 15 is 0 Å². The first kappa shape index (κ1) is 14.4. The van der Waals surface area contributed by atoms with Gasteiger partial charge in [0.15, 0.2) is 0 Å². The van der Waals surface area contributed by atoms with Crippen LogP contribution in [0.25, 0.3) is 0 Å². The molecule has 102 valence electrons. The fraction of sp³-hybridized carbons (Fsp3) is 0.533. The van der Waals surface area contributed by atoms with Crippen molar-refractivity contribution in [2.45, 2.75) is 18.2 Å². The van der Waals surface area contributed by atoms with Crippen molar-refractivity contribution in [3.8, 4) is 6.07 Å². The minimum Gasteiger partial charge on any atom is -0.384 e. The van der Waals surface area contributed by atoms with Crippen molar-refractivity contribution in [3.05, 3.63) is 29.3 Å². The zero-order valence-corrected chi connectivity index (χ0v) is 12.8. The number of alkyl halides is 1. The maximum atomic E-state index is 9.29. The quantitative estimate of drug-likeness (QED) is 0.798. The molecule has 1 aromatic carbocycles. The molecule has 2 rings (SSSR count). The Hall–Kier alpha value is -1.05. The molecule has 0 N–H and O–H groups in total. The molecule has 1 aliphatic rings. The first-order valence-electron chi connectivity index (χ1n) is 6.61. The maximum absolute atomic E-state index is 9.29. The van der Waals surface area contributed by atoms with Gasteiger partial charge in [-0.1, -0.05) is 22.0 Å². The molecule has 0 aromatic heterocycles. The van der Waals surface area contributed by atoms with Crippen LogP contribution < -0.4 is 4.90 Å². The van der Waals surface area contributed by atoms with Crippen molar-refractivity contribution in [2.24, 2.45) is 5.92 Å². The van der Waals surface area contributed by atoms with Gasteiger partial charge < -0.3 is 9.64 Å². The van der Waals surface area contributed by atoms with Gasteiger partial charge in [0.2, 0.25) is 0 Å². The van der Waals surface area contributed by atoms with Crippen LogP contribution in [0.4, 0.5) is 5.69 Å². The van der Waals surface area contributed by atoms with Gasteiger partial charge in [0.25, 0.3) is 0 Å². The van der Waals surface area contributed by atoms with Crippen LogP contribution in [0.5, 0.6) is 0 Å². The molecule has 0 bridgehead atoms. The summed E-state index contributed by atoms with van der Waals surface area (Å²) in [4.78, 5) is 2.32. The van der Waals surface area contributed by atoms with Crippen LogP contribution >= 0.6 is 15.9 Å². The van der Waals surface area contributed by atoms with E-state index in [1.54, 1.807) is 7.11 Å². The Morgan fingerprint density at radius 2 is 2.16 bits per heavy atom. The highest BCUT2D eigenvalue weighted by Gasteiger charge is 2.21. The second-order valence-electron chi connectivity index (χ2n) is 4.98. The summed E-state index contributed by atoms with van der Waals surface area (Å²) in [5.74, 6) is 0.661. The number of benzene rings is 1. The Balaban J connectivity index is 2.09. The molecular weight excluding hydrogens is 304 g/mol. The smallest absolute Gasteiger partial charge is 0.101 e. The van der Waals surface area contributed by atoms with E-state index in [1.165, 1.54) is 0 Å². The van der Waals surface area contributed by atoms with Gasteiger partial charge in [-0.05, 0) is 36.5 Å². The first-order valence-corrected chi connectivity index (χ1v) is 7.73. The Bertz CT molecular complexity index is 462. The molecule has 1 heterocycles. The molecule has 0 radical (unpaired) electrons. The molecule has 1 saturated heterocycles. The van der Waals surface area contributed by atoms with Crippen molar-refractivity contribution >= 4 is 21.6 Å². The average molecular weight is 323 g/mol. The monoisotopic (exact) mass is 322 g/mol. The fourth-order valence-electron chi connectivity index (χ4n) is 2.61. The Morgan fingerprint density at radius 3 is 2.74 bits per heavy atom. The highest BCUT2D eigenvalue weighted by atomic mass is 79.9. The van der Waals surface area contributed by atoms with Crippen LogP contribution in [0.3, 0.4) is 0 Å². The first-order chi connectivity index (χ1) is 9.28. The van der Waals surface area contributed by atoms with Crippen LogP contribution in [0, 0.1) is 17.2 Å². The second-order valence-corrected chi connectivity index (χ2v) is 5.54. The maximum Gasteiger partial charge on any atom is 0.101 e. The Morgan fingerprint density at radius 1 is 1.42 bits per heavy atom. The highest BCUT2D eigenvalue weighted by molar-refractivity contribution is 9.08. The van der Waals surface area contributed by atoms with Gasteiger partial charge in [0.1, 0.15) is 6.07 Å². The zero-order chi connectivity index (χ0) is 13.7. The number of nitrogens with zero attached hydrogens (tertiary/aromatic N) is 2. The van der Waals surface area contributed by atoms with Crippen LogP contribution in [0.1, 0.15) is 24.0 Å². The van der Waals surface area contributed by atoms with Crippen LogP contribution in [0.2, 0.25) is 0 Å². The van der Waals surface area contributed by atoms with E-state index < -0.39 is 0 Å². The number of anilines is 1. The largest absolute Gasteiger partial charge is 0.384 e. The van der Waals surface area contributed by atoms with E-state index in [4.69, 9.17) is 4.74 Å². The number of halogens is 1. The summed E-state index contributed by atoms with van der Waals surface area (Å²) in [5.41, 5.74) is 3.00. The lowest BCUT2D eigenvalue weighted by Gasteiger charge is -2.33. The summed E-state index contributed by atoms with van der Waals surface area (Å²) >= 11 is 3.43. The van der Waals surface area contributed by atoms with E-state index in [9.17, 15) is 5.26 Å². The van der Waals surface area contributed by atoms with Gasteiger partial charge in [-0.15, -0.1) is 0 Å². The molecule has 0 atom stereocenters. The molecule has 4 heteroatoms. The van der Waals surface area contributed by atoms with Gasteiger partial charge in [-0.25, -0.2) is 0 Å². The van der Waals surface area contributed by atoms with Crippen molar-refractivity contribution in [2.75, 3.05) is 31.7 Å². The minimum absolute atomic E-state index is 0.661. The van der Waals surface area contributed by atoms with Crippen molar-refractivity contribution in [1.29, 1.82) is 5.26 Å². The number of hydrogen-bond acceptors (Lipinski definition) is 3. The lowest BCUT2D eigenvalue weighted by molar-refractivity contribution is 0.139. The van der Waals surface area contributed by atoms with Gasteiger partial charge in [-0.2, -0.15) is 5.26 Å². The highest BCUT2D eigenvalue weighted by Crippen LogP contribution is 2.27. The summed E-state index contributed by atoms with van der Waals surface area (Å²) in [6, 6.07) is 8.46. The number of rotatable bonds is 4. The molecule has 0 saturated carbocycles. The Kier molecular flexibility index (Phi) is 5.24. The third kappa shape index (κ3) is 3.49. The molecule has 0 aliphatic carbocycles. The van der Waals surface area contributed by atoms with Gasteiger partial charge in [-0.3, -0.25) is 0 Å². The van der Waals surface area contributed by atoms with Crippen LogP contribution in [-0.4, -0.2) is 26.8 Å². The number of nitriles is 1. The zero-order valence-electron chi connectivity index (χ0n) is 11.2. The Labute approximate surface area is 123 Å². The van der Waals surface area contributed by atoms with Gasteiger partial charge >= 0.3 is 0 Å². The summed E-state index contributed by atoms with van der Waals surface area (Å²) in [6.07, 6.45) is 2.28. The van der Waals surface area contributed by atoms with E-state index in [-0.39, 0.29) is 0 Å². The SMILES string of the molecule is COCC1CCN(c2ccc(CBr)cc2C#N)CC1. The third-order valence-corrected chi connectivity index (χ3v) is 4.34. The van der Waals surface area contributed by atoms with Gasteiger partial charge in [0.05, 0.1) is 11.3 Å². The molecule has 1 aliphatic heterocycles. The predicted molar refractivity (Wildman–Crippen MR) is 80.6 cm³/mol. The molecule has 0 spiro atoms. The molecule has 19 heavy (non-hydrogen) atoms. The lowest BCUT2D eigenvalue weighted by atomic mass is 9.96. The minimum atomic E-state index is 0.661. The summed E-state index contributed by atoms with van der Waals surface area (Å²) in [7, 11) is 1.76. The third-order valence-electron chi connectivity index (χ3n) is 3.69. The molecular formula is C15H19BrN2O. The lowest BCUT2D eigenvalue weighted by Crippen LogP contribution is -2.35. The molecule has 0 amide bonds. The standard InChI is InChI=1S/C15H19BrN2O/c1-19-11-12-4-6-18(7-5-12)15-3-2-13(9-16)8-14(15)10-17/h2-3,8,12H,4-7,9,11H2,1H3. The van der Waals surface area contributed by atoms with E-state index in [0.29, 0.717) is 5.92 Å². The molecule has 0 unspecified atom stereocenters. The summed E-state index contributed by atoms with van der Waals surface area (Å²) < 4.78 is 5.22.